The van der Waals surface area contributed by atoms with E-state index in [1.807, 2.05) is 17.0 Å². The van der Waals surface area contributed by atoms with Gasteiger partial charge in [0, 0.05) is 31.4 Å². The van der Waals surface area contributed by atoms with E-state index in [-0.39, 0.29) is 6.04 Å². The highest BCUT2D eigenvalue weighted by Gasteiger charge is 2.29. The predicted molar refractivity (Wildman–Crippen MR) is 72.3 cm³/mol. The van der Waals surface area contributed by atoms with Gasteiger partial charge in [-0.2, -0.15) is 0 Å². The molecule has 0 amide bonds. The van der Waals surface area contributed by atoms with Crippen molar-refractivity contribution in [2.24, 2.45) is 5.73 Å². The summed E-state index contributed by atoms with van der Waals surface area (Å²) in [5, 5.41) is 9.77. The van der Waals surface area contributed by atoms with E-state index in [1.165, 1.54) is 0 Å². The average Bonchev–Trinajstić information content (AvgIpc) is 2.77. The molecular weight excluding hydrogens is 244 g/mol. The van der Waals surface area contributed by atoms with Crippen LogP contribution in [0.1, 0.15) is 0 Å². The third kappa shape index (κ3) is 2.09. The molecule has 1 aliphatic rings. The van der Waals surface area contributed by atoms with Crippen molar-refractivity contribution >= 4 is 16.7 Å². The molecule has 1 fully saturated rings. The van der Waals surface area contributed by atoms with Crippen LogP contribution in [0.2, 0.25) is 0 Å². The first-order valence-electron chi connectivity index (χ1n) is 6.17. The Kier molecular flexibility index (Phi) is 2.96. The van der Waals surface area contributed by atoms with Crippen molar-refractivity contribution in [2.75, 3.05) is 25.1 Å². The van der Waals surface area contributed by atoms with Gasteiger partial charge in [0.15, 0.2) is 0 Å². The third-order valence-electron chi connectivity index (χ3n) is 3.42. The van der Waals surface area contributed by atoms with E-state index in [1.54, 1.807) is 19.4 Å². The molecule has 0 bridgehead atoms. The number of nitrogens with two attached hydrogens (primary N) is 1. The van der Waals surface area contributed by atoms with Crippen LogP contribution in [0.25, 0.3) is 11.0 Å². The Morgan fingerprint density at radius 1 is 1.37 bits per heavy atom. The minimum Gasteiger partial charge on any atom is -0.481 e. The fourth-order valence-electron chi connectivity index (χ4n) is 2.37. The molecule has 2 aromatic rings. The molecule has 6 heteroatoms. The number of pyridine rings is 2. The van der Waals surface area contributed by atoms with Crippen LogP contribution in [-0.4, -0.2) is 47.4 Å². The molecule has 100 valence electrons. The van der Waals surface area contributed by atoms with Crippen LogP contribution < -0.4 is 15.4 Å². The number of rotatable bonds is 2. The highest BCUT2D eigenvalue weighted by molar-refractivity contribution is 5.88. The number of fused-ring (bicyclic) bond motifs is 1. The lowest BCUT2D eigenvalue weighted by atomic mass is 10.2. The predicted octanol–water partition coefficient (Wildman–Crippen LogP) is 0.147. The SMILES string of the molecule is COc1ccc2nccc(N3CC(N)C(O)C3)c2n1. The summed E-state index contributed by atoms with van der Waals surface area (Å²) >= 11 is 0. The first kappa shape index (κ1) is 12.1. The van der Waals surface area contributed by atoms with Crippen molar-refractivity contribution in [3.8, 4) is 5.88 Å². The quantitative estimate of drug-likeness (QED) is 0.799. The van der Waals surface area contributed by atoms with Crippen LogP contribution in [0.15, 0.2) is 24.4 Å². The van der Waals surface area contributed by atoms with Gasteiger partial charge < -0.3 is 20.5 Å². The normalized spacial score (nSPS) is 23.0. The zero-order valence-electron chi connectivity index (χ0n) is 10.7. The molecule has 0 radical (unpaired) electrons. The molecule has 1 aliphatic heterocycles. The Labute approximate surface area is 110 Å². The maximum absolute atomic E-state index is 9.77. The second-order valence-electron chi connectivity index (χ2n) is 4.69. The van der Waals surface area contributed by atoms with Crippen LogP contribution in [0.3, 0.4) is 0 Å². The van der Waals surface area contributed by atoms with Gasteiger partial charge >= 0.3 is 0 Å². The van der Waals surface area contributed by atoms with Crippen LogP contribution >= 0.6 is 0 Å². The lowest BCUT2D eigenvalue weighted by Gasteiger charge is -2.19. The van der Waals surface area contributed by atoms with Crippen molar-refractivity contribution in [1.29, 1.82) is 0 Å². The Bertz CT molecular complexity index is 594. The number of hydrogen-bond acceptors (Lipinski definition) is 6. The number of β-amino-alcohol motifs (C(OH)–C–C–N with tert-alkyl or cyclic N) is 1. The van der Waals surface area contributed by atoms with Crippen molar-refractivity contribution < 1.29 is 9.84 Å². The van der Waals surface area contributed by atoms with Crippen molar-refractivity contribution in [3.63, 3.8) is 0 Å². The molecule has 6 nitrogen and oxygen atoms in total. The number of aliphatic hydroxyl groups excluding tert-OH is 1. The van der Waals surface area contributed by atoms with Gasteiger partial charge in [-0.1, -0.05) is 0 Å². The van der Waals surface area contributed by atoms with Gasteiger partial charge in [0.2, 0.25) is 5.88 Å². The Hall–Kier alpha value is -1.92. The maximum atomic E-state index is 9.77. The Balaban J connectivity index is 2.08. The molecule has 0 aliphatic carbocycles. The molecule has 3 heterocycles. The molecule has 0 spiro atoms. The molecule has 3 N–H and O–H groups in total. The zero-order chi connectivity index (χ0) is 13.4. The minimum absolute atomic E-state index is 0.228. The molecule has 19 heavy (non-hydrogen) atoms. The summed E-state index contributed by atoms with van der Waals surface area (Å²) in [5.74, 6) is 0.547. The lowest BCUT2D eigenvalue weighted by Crippen LogP contribution is -2.32. The Morgan fingerprint density at radius 3 is 2.89 bits per heavy atom. The van der Waals surface area contributed by atoms with E-state index in [9.17, 15) is 5.11 Å². The number of aromatic nitrogens is 2. The Morgan fingerprint density at radius 2 is 2.21 bits per heavy atom. The summed E-state index contributed by atoms with van der Waals surface area (Å²) in [7, 11) is 1.58. The first-order chi connectivity index (χ1) is 9.19. The lowest BCUT2D eigenvalue weighted by molar-refractivity contribution is 0.180. The summed E-state index contributed by atoms with van der Waals surface area (Å²) in [4.78, 5) is 10.8. The van der Waals surface area contributed by atoms with E-state index in [4.69, 9.17) is 10.5 Å². The van der Waals surface area contributed by atoms with Crippen molar-refractivity contribution in [3.05, 3.63) is 24.4 Å². The number of aliphatic hydroxyl groups is 1. The number of ether oxygens (including phenoxy) is 1. The number of nitrogens with zero attached hydrogens (tertiary/aromatic N) is 3. The van der Waals surface area contributed by atoms with Gasteiger partial charge in [-0.25, -0.2) is 4.98 Å². The summed E-state index contributed by atoms with van der Waals surface area (Å²) in [6.07, 6.45) is 1.23. The highest BCUT2D eigenvalue weighted by Crippen LogP contribution is 2.28. The first-order valence-corrected chi connectivity index (χ1v) is 6.17. The van der Waals surface area contributed by atoms with Crippen molar-refractivity contribution in [2.45, 2.75) is 12.1 Å². The molecule has 2 atom stereocenters. The highest BCUT2D eigenvalue weighted by atomic mass is 16.5. The topological polar surface area (TPSA) is 84.5 Å². The fraction of sp³-hybridized carbons (Fsp3) is 0.385. The fourth-order valence-corrected chi connectivity index (χ4v) is 2.37. The van der Waals surface area contributed by atoms with Gasteiger partial charge in [0.25, 0.3) is 0 Å². The van der Waals surface area contributed by atoms with E-state index in [2.05, 4.69) is 9.97 Å². The van der Waals surface area contributed by atoms with E-state index < -0.39 is 6.10 Å². The molecule has 2 unspecified atom stereocenters. The third-order valence-corrected chi connectivity index (χ3v) is 3.42. The molecule has 0 aromatic carbocycles. The van der Waals surface area contributed by atoms with E-state index in [0.717, 1.165) is 16.7 Å². The van der Waals surface area contributed by atoms with Gasteiger partial charge in [0.1, 0.15) is 5.52 Å². The smallest absolute Gasteiger partial charge is 0.213 e. The molecule has 1 saturated heterocycles. The number of methoxy groups -OCH3 is 1. The monoisotopic (exact) mass is 260 g/mol. The summed E-state index contributed by atoms with van der Waals surface area (Å²) in [6, 6.07) is 5.31. The van der Waals surface area contributed by atoms with Gasteiger partial charge in [0.05, 0.1) is 24.4 Å². The van der Waals surface area contributed by atoms with Gasteiger partial charge in [-0.05, 0) is 12.1 Å². The second-order valence-corrected chi connectivity index (χ2v) is 4.69. The van der Waals surface area contributed by atoms with Crippen LogP contribution in [0, 0.1) is 0 Å². The molecule has 3 rings (SSSR count). The maximum Gasteiger partial charge on any atom is 0.213 e. The molecule has 0 saturated carbocycles. The number of anilines is 1. The van der Waals surface area contributed by atoms with Crippen LogP contribution in [-0.2, 0) is 0 Å². The largest absolute Gasteiger partial charge is 0.481 e. The second kappa shape index (κ2) is 4.64. The summed E-state index contributed by atoms with van der Waals surface area (Å²) in [5.41, 5.74) is 8.35. The van der Waals surface area contributed by atoms with E-state index in [0.29, 0.717) is 19.0 Å². The average molecular weight is 260 g/mol. The zero-order valence-corrected chi connectivity index (χ0v) is 10.7. The minimum atomic E-state index is -0.506. The van der Waals surface area contributed by atoms with Gasteiger partial charge in [-0.15, -0.1) is 0 Å². The van der Waals surface area contributed by atoms with Crippen LogP contribution in [0.4, 0.5) is 5.69 Å². The van der Waals surface area contributed by atoms with E-state index >= 15 is 0 Å². The van der Waals surface area contributed by atoms with Crippen molar-refractivity contribution in [1.82, 2.24) is 9.97 Å². The molecule has 2 aromatic heterocycles. The van der Waals surface area contributed by atoms with Gasteiger partial charge in [-0.3, -0.25) is 4.98 Å². The van der Waals surface area contributed by atoms with Crippen LogP contribution in [0.5, 0.6) is 5.88 Å². The standard InChI is InChI=1S/C13H16N4O2/c1-19-12-3-2-9-13(16-12)10(4-5-15-9)17-6-8(14)11(18)7-17/h2-5,8,11,18H,6-7,14H2,1H3. The molecular formula is C13H16N4O2. The summed E-state index contributed by atoms with van der Waals surface area (Å²) < 4.78 is 5.15. The number of hydrogen-bond donors (Lipinski definition) is 2. The summed E-state index contributed by atoms with van der Waals surface area (Å²) in [6.45, 7) is 1.12.